The van der Waals surface area contributed by atoms with Crippen molar-refractivity contribution in [3.8, 4) is 0 Å². The van der Waals surface area contributed by atoms with Crippen LogP contribution in [-0.4, -0.2) is 109 Å². The van der Waals surface area contributed by atoms with Crippen LogP contribution in [0.15, 0.2) is 30.3 Å². The fourth-order valence-electron chi connectivity index (χ4n) is 7.70. The number of carboxylic acids is 1. The molecule has 1 unspecified atom stereocenters. The molecule has 0 radical (unpaired) electrons. The molecule has 4 rings (SSSR count). The van der Waals surface area contributed by atoms with E-state index in [-0.39, 0.29) is 48.8 Å². The van der Waals surface area contributed by atoms with Gasteiger partial charge in [0.05, 0.1) is 6.04 Å². The number of carbonyl (C=O) groups excluding carboxylic acids is 6. The van der Waals surface area contributed by atoms with E-state index in [9.17, 15) is 38.7 Å². The molecule has 2 aromatic rings. The number of aromatic amines is 1. The molecule has 2 aliphatic rings. The highest BCUT2D eigenvalue weighted by Gasteiger charge is 2.51. The first-order valence-electron chi connectivity index (χ1n) is 19.8. The lowest BCUT2D eigenvalue weighted by molar-refractivity contribution is -0.146. The number of amides is 5. The van der Waals surface area contributed by atoms with E-state index in [1.165, 1.54) is 4.90 Å². The Morgan fingerprint density at radius 2 is 1.61 bits per heavy atom. The summed E-state index contributed by atoms with van der Waals surface area (Å²) in [5, 5.41) is 34.1. The van der Waals surface area contributed by atoms with Crippen molar-refractivity contribution < 1.29 is 38.7 Å². The van der Waals surface area contributed by atoms with Gasteiger partial charge in [-0.2, -0.15) is 0 Å². The monoisotopic (exact) mass is 779 g/mol. The smallest absolute Gasteiger partial charge is 0.326 e. The van der Waals surface area contributed by atoms with Gasteiger partial charge in [-0.1, -0.05) is 77.8 Å². The molecular formula is C39H57N9O8. The number of aliphatic carboxylic acids is 1. The number of hydrogen-bond donors (Lipinski definition) is 6. The number of hydrogen-bond acceptors (Lipinski definition) is 10. The van der Waals surface area contributed by atoms with E-state index in [1.54, 1.807) is 65.0 Å². The Labute approximate surface area is 327 Å². The van der Waals surface area contributed by atoms with Crippen molar-refractivity contribution in [3.05, 3.63) is 41.7 Å². The number of likely N-dealkylation sites (tertiary alicyclic amines) is 1. The molecule has 0 bridgehead atoms. The summed E-state index contributed by atoms with van der Waals surface area (Å²) in [4.78, 5) is 95.3. The number of carbonyl (C=O) groups is 7. The van der Waals surface area contributed by atoms with Gasteiger partial charge in [0, 0.05) is 25.8 Å². The van der Waals surface area contributed by atoms with Crippen LogP contribution in [0.5, 0.6) is 0 Å². The number of fused-ring (bicyclic) bond motifs is 1. The molecular weight excluding hydrogens is 722 g/mol. The second-order valence-electron chi connectivity index (χ2n) is 15.6. The lowest BCUT2D eigenvalue weighted by Crippen LogP contribution is -2.60. The number of benzene rings is 1. The Morgan fingerprint density at radius 3 is 2.23 bits per heavy atom. The lowest BCUT2D eigenvalue weighted by Gasteiger charge is -2.34. The topological polar surface area (TPSA) is 246 Å². The highest BCUT2D eigenvalue weighted by atomic mass is 16.4. The van der Waals surface area contributed by atoms with Crippen molar-refractivity contribution in [1.29, 1.82) is 0 Å². The number of nitrogens with zero attached hydrogens (tertiary/aromatic N) is 4. The number of Topliss-reactive ketones (excluding diaryl/α,β-unsaturated/α-hetero) is 1. The van der Waals surface area contributed by atoms with Crippen LogP contribution in [0.4, 0.5) is 0 Å². The van der Waals surface area contributed by atoms with E-state index in [0.717, 1.165) is 12.8 Å². The van der Waals surface area contributed by atoms with Crippen molar-refractivity contribution in [1.82, 2.24) is 46.8 Å². The molecule has 7 atom stereocenters. The van der Waals surface area contributed by atoms with Gasteiger partial charge >= 0.3 is 5.97 Å². The number of aromatic nitrogens is 4. The van der Waals surface area contributed by atoms with Crippen molar-refractivity contribution in [2.24, 2.45) is 23.7 Å². The number of aryl methyl sites for hydroxylation is 1. The third-order valence-electron chi connectivity index (χ3n) is 10.7. The van der Waals surface area contributed by atoms with Crippen molar-refractivity contribution in [3.63, 3.8) is 0 Å². The van der Waals surface area contributed by atoms with Gasteiger partial charge in [-0.3, -0.25) is 28.8 Å². The minimum atomic E-state index is -1.37. The van der Waals surface area contributed by atoms with E-state index in [0.29, 0.717) is 50.0 Å². The standard InChI is InChI=1S/C39H57N9O8/c1-6-13-27(34(50)37(53)41-28(39(55)56)20-24-14-8-7-9-15-24)40-36(52)33-26-17-12-16-25(26)21-48(33)38(54)32(23(4)5)43-35(51)31(22(2)3)42-30(49)19-11-10-18-29-44-46-47-45-29/h7-9,14-15,22-23,25-28,31-33H,6,10-13,16-21H2,1-5H3,(H,40,52)(H,41,53)(H,42,49)(H,43,51)(H,55,56)(H,44,45,46,47)/t25-,26-,27?,28-,31+,32-,33-/m0/s1. The summed E-state index contributed by atoms with van der Waals surface area (Å²) in [6.07, 6.45) is 4.88. The number of unbranched alkanes of at least 4 members (excludes halogenated alkanes) is 1. The minimum Gasteiger partial charge on any atom is -0.480 e. The third kappa shape index (κ3) is 11.6. The van der Waals surface area contributed by atoms with E-state index in [4.69, 9.17) is 0 Å². The van der Waals surface area contributed by atoms with Crippen LogP contribution in [0.3, 0.4) is 0 Å². The Bertz CT molecular complexity index is 1670. The average molecular weight is 780 g/mol. The first-order valence-corrected chi connectivity index (χ1v) is 19.8. The molecule has 6 N–H and O–H groups in total. The summed E-state index contributed by atoms with van der Waals surface area (Å²) in [6, 6.07) is 3.22. The molecule has 1 aliphatic carbocycles. The maximum absolute atomic E-state index is 14.4. The number of rotatable bonds is 21. The maximum atomic E-state index is 14.4. The van der Waals surface area contributed by atoms with Gasteiger partial charge in [-0.25, -0.2) is 9.89 Å². The number of ketones is 1. The molecule has 5 amide bonds. The lowest BCUT2D eigenvalue weighted by atomic mass is 9.92. The largest absolute Gasteiger partial charge is 0.480 e. The molecule has 2 fully saturated rings. The molecule has 2 heterocycles. The highest BCUT2D eigenvalue weighted by Crippen LogP contribution is 2.42. The quantitative estimate of drug-likeness (QED) is 0.0783. The van der Waals surface area contributed by atoms with Crippen LogP contribution in [0, 0.1) is 23.7 Å². The van der Waals surface area contributed by atoms with Crippen molar-refractivity contribution >= 4 is 41.3 Å². The SMILES string of the molecule is CCCC(NC(=O)[C@@H]1[C@H]2CCC[C@H]2CN1C(=O)[C@@H](NC(=O)[C@H](NC(=O)CCCCc1nnn[nH]1)C(C)C)C(C)C)C(=O)C(=O)N[C@@H](Cc1ccccc1)C(=O)O. The Kier molecular flexibility index (Phi) is 16.0. The first kappa shape index (κ1) is 43.5. The predicted molar refractivity (Wildman–Crippen MR) is 203 cm³/mol. The first-order chi connectivity index (χ1) is 26.7. The van der Waals surface area contributed by atoms with Crippen molar-refractivity contribution in [2.75, 3.05) is 6.54 Å². The summed E-state index contributed by atoms with van der Waals surface area (Å²) in [7, 11) is 0. The third-order valence-corrected chi connectivity index (χ3v) is 10.7. The minimum absolute atomic E-state index is 0.0380. The average Bonchev–Trinajstić information content (AvgIpc) is 3.92. The summed E-state index contributed by atoms with van der Waals surface area (Å²) in [6.45, 7) is 9.27. The molecule has 1 aliphatic heterocycles. The number of nitrogens with one attached hydrogen (secondary N) is 5. The summed E-state index contributed by atoms with van der Waals surface area (Å²) >= 11 is 0. The zero-order valence-electron chi connectivity index (χ0n) is 33.0. The summed E-state index contributed by atoms with van der Waals surface area (Å²) < 4.78 is 0. The zero-order chi connectivity index (χ0) is 40.9. The van der Waals surface area contributed by atoms with Crippen LogP contribution in [0.2, 0.25) is 0 Å². The van der Waals surface area contributed by atoms with Crippen LogP contribution < -0.4 is 21.3 Å². The van der Waals surface area contributed by atoms with Crippen LogP contribution in [0.25, 0.3) is 0 Å². The van der Waals surface area contributed by atoms with E-state index >= 15 is 0 Å². The van der Waals surface area contributed by atoms with Crippen LogP contribution in [-0.2, 0) is 46.4 Å². The molecule has 1 aromatic carbocycles. The number of tetrazole rings is 1. The second-order valence-corrected chi connectivity index (χ2v) is 15.6. The van der Waals surface area contributed by atoms with E-state index in [1.807, 2.05) is 0 Å². The highest BCUT2D eigenvalue weighted by molar-refractivity contribution is 6.38. The van der Waals surface area contributed by atoms with Crippen LogP contribution in [0.1, 0.15) is 97.4 Å². The van der Waals surface area contributed by atoms with Gasteiger partial charge in [-0.05, 0) is 71.8 Å². The Morgan fingerprint density at radius 1 is 0.893 bits per heavy atom. The summed E-state index contributed by atoms with van der Waals surface area (Å²) in [5.41, 5.74) is 0.660. The maximum Gasteiger partial charge on any atom is 0.326 e. The van der Waals surface area contributed by atoms with Gasteiger partial charge < -0.3 is 31.3 Å². The Hall–Kier alpha value is -5.22. The van der Waals surface area contributed by atoms with Gasteiger partial charge in [-0.15, -0.1) is 5.10 Å². The van der Waals surface area contributed by atoms with Gasteiger partial charge in [0.2, 0.25) is 29.4 Å². The molecule has 306 valence electrons. The van der Waals surface area contributed by atoms with E-state index < -0.39 is 65.6 Å². The van der Waals surface area contributed by atoms with E-state index in [2.05, 4.69) is 41.9 Å². The molecule has 1 saturated carbocycles. The predicted octanol–water partition coefficient (Wildman–Crippen LogP) is 1.49. The van der Waals surface area contributed by atoms with Gasteiger partial charge in [0.15, 0.2) is 0 Å². The number of carboxylic acid groups (broad SMARTS) is 1. The molecule has 56 heavy (non-hydrogen) atoms. The number of H-pyrrole nitrogens is 1. The van der Waals surface area contributed by atoms with Crippen molar-refractivity contribution in [2.45, 2.75) is 129 Å². The second kappa shape index (κ2) is 20.6. The molecule has 1 aromatic heterocycles. The normalized spacial score (nSPS) is 19.8. The molecule has 1 saturated heterocycles. The summed E-state index contributed by atoms with van der Waals surface area (Å²) in [5.74, 6) is -5.42. The fourth-order valence-corrected chi connectivity index (χ4v) is 7.70. The molecule has 0 spiro atoms. The van der Waals surface area contributed by atoms with Gasteiger partial charge in [0.25, 0.3) is 5.91 Å². The molecule has 17 heteroatoms. The fraction of sp³-hybridized carbons (Fsp3) is 0.641. The molecule has 17 nitrogen and oxygen atoms in total. The Balaban J connectivity index is 1.43. The zero-order valence-corrected chi connectivity index (χ0v) is 33.0. The van der Waals surface area contributed by atoms with Crippen LogP contribution >= 0.6 is 0 Å². The van der Waals surface area contributed by atoms with Gasteiger partial charge in [0.1, 0.15) is 30.0 Å².